The molecule has 2 aromatic rings. The molecule has 1 aliphatic rings. The lowest BCUT2D eigenvalue weighted by molar-refractivity contribution is -0.140. The lowest BCUT2D eigenvalue weighted by atomic mass is 10.0. The average molecular weight is 385 g/mol. The van der Waals surface area contributed by atoms with Crippen LogP contribution < -0.4 is 0 Å². The molecule has 7 heteroatoms. The van der Waals surface area contributed by atoms with Gasteiger partial charge in [-0.2, -0.15) is 0 Å². The van der Waals surface area contributed by atoms with Crippen LogP contribution in [0.5, 0.6) is 0 Å². The minimum atomic E-state index is -1.11. The number of rotatable bonds is 5. The SMILES string of the molecule is O=C(O)CN1C(=O)C(=Cc2ccc(C(O)c3ccccc3)cc2)SC1=S. The highest BCUT2D eigenvalue weighted by Crippen LogP contribution is 2.32. The molecule has 2 N–H and O–H groups in total. The number of carbonyl (C=O) groups excluding carboxylic acids is 1. The molecule has 1 amide bonds. The van der Waals surface area contributed by atoms with Crippen molar-refractivity contribution in [3.8, 4) is 0 Å². The van der Waals surface area contributed by atoms with Crippen molar-refractivity contribution in [2.75, 3.05) is 6.54 Å². The molecular weight excluding hydrogens is 370 g/mol. The zero-order valence-corrected chi connectivity index (χ0v) is 15.2. The van der Waals surface area contributed by atoms with E-state index in [9.17, 15) is 14.7 Å². The van der Waals surface area contributed by atoms with E-state index in [4.69, 9.17) is 17.3 Å². The molecule has 1 atom stereocenters. The molecule has 1 saturated heterocycles. The van der Waals surface area contributed by atoms with Crippen LogP contribution in [0, 0.1) is 0 Å². The number of hydrogen-bond donors (Lipinski definition) is 2. The second-order valence-corrected chi connectivity index (χ2v) is 7.32. The Morgan fingerprint density at radius 2 is 1.73 bits per heavy atom. The van der Waals surface area contributed by atoms with E-state index in [1.165, 1.54) is 0 Å². The minimum Gasteiger partial charge on any atom is -0.480 e. The van der Waals surface area contributed by atoms with Crippen LogP contribution in [0.25, 0.3) is 6.08 Å². The van der Waals surface area contributed by atoms with Gasteiger partial charge in [-0.05, 0) is 22.8 Å². The molecule has 0 bridgehead atoms. The van der Waals surface area contributed by atoms with Crippen molar-refractivity contribution in [3.05, 3.63) is 76.2 Å². The van der Waals surface area contributed by atoms with E-state index in [2.05, 4.69) is 0 Å². The molecular formula is C19H15NO4S2. The maximum Gasteiger partial charge on any atom is 0.323 e. The monoisotopic (exact) mass is 385 g/mol. The van der Waals surface area contributed by atoms with E-state index in [1.54, 1.807) is 30.3 Å². The Balaban J connectivity index is 1.77. The summed E-state index contributed by atoms with van der Waals surface area (Å²) in [5, 5.41) is 19.3. The van der Waals surface area contributed by atoms with Crippen LogP contribution in [0.2, 0.25) is 0 Å². The van der Waals surface area contributed by atoms with E-state index < -0.39 is 24.5 Å². The predicted molar refractivity (Wildman–Crippen MR) is 104 cm³/mol. The Hall–Kier alpha value is -2.48. The number of carboxylic acids is 1. The third kappa shape index (κ3) is 4.01. The maximum atomic E-state index is 12.3. The highest BCUT2D eigenvalue weighted by atomic mass is 32.2. The molecule has 1 unspecified atom stereocenters. The van der Waals surface area contributed by atoms with Crippen LogP contribution in [-0.4, -0.2) is 37.9 Å². The van der Waals surface area contributed by atoms with Crippen molar-refractivity contribution >= 4 is 46.3 Å². The largest absolute Gasteiger partial charge is 0.480 e. The summed E-state index contributed by atoms with van der Waals surface area (Å²) in [5.41, 5.74) is 2.31. The highest BCUT2D eigenvalue weighted by molar-refractivity contribution is 8.26. The van der Waals surface area contributed by atoms with Gasteiger partial charge in [-0.1, -0.05) is 78.6 Å². The van der Waals surface area contributed by atoms with Crippen molar-refractivity contribution in [2.24, 2.45) is 0 Å². The van der Waals surface area contributed by atoms with E-state index in [0.29, 0.717) is 4.91 Å². The van der Waals surface area contributed by atoms with E-state index >= 15 is 0 Å². The van der Waals surface area contributed by atoms with Gasteiger partial charge in [0.1, 0.15) is 17.0 Å². The van der Waals surface area contributed by atoms with Crippen molar-refractivity contribution < 1.29 is 19.8 Å². The second kappa shape index (κ2) is 7.82. The summed E-state index contributed by atoms with van der Waals surface area (Å²) in [7, 11) is 0. The summed E-state index contributed by atoms with van der Waals surface area (Å²) < 4.78 is 0.236. The van der Waals surface area contributed by atoms with Gasteiger partial charge in [0.25, 0.3) is 5.91 Å². The number of thiocarbonyl (C=S) groups is 1. The molecule has 0 aliphatic carbocycles. The van der Waals surface area contributed by atoms with Crippen LogP contribution in [-0.2, 0) is 9.59 Å². The van der Waals surface area contributed by atoms with E-state index in [0.717, 1.165) is 33.4 Å². The molecule has 2 aromatic carbocycles. The Labute approximate surface area is 160 Å². The summed E-state index contributed by atoms with van der Waals surface area (Å²) in [4.78, 5) is 24.5. The Morgan fingerprint density at radius 1 is 1.12 bits per heavy atom. The first-order chi connectivity index (χ1) is 12.5. The topological polar surface area (TPSA) is 77.8 Å². The smallest absolute Gasteiger partial charge is 0.323 e. The molecule has 1 aliphatic heterocycles. The van der Waals surface area contributed by atoms with Gasteiger partial charge in [0.2, 0.25) is 0 Å². The average Bonchev–Trinajstić information content (AvgIpc) is 2.89. The van der Waals surface area contributed by atoms with Gasteiger partial charge in [-0.25, -0.2) is 0 Å². The third-order valence-electron chi connectivity index (χ3n) is 3.83. The van der Waals surface area contributed by atoms with Gasteiger partial charge in [0.15, 0.2) is 0 Å². The van der Waals surface area contributed by atoms with Gasteiger partial charge >= 0.3 is 5.97 Å². The molecule has 0 aromatic heterocycles. The first kappa shape index (κ1) is 18.3. The molecule has 26 heavy (non-hydrogen) atoms. The number of benzene rings is 2. The van der Waals surface area contributed by atoms with Crippen LogP contribution in [0.3, 0.4) is 0 Å². The Kier molecular flexibility index (Phi) is 5.51. The van der Waals surface area contributed by atoms with Gasteiger partial charge in [0.05, 0.1) is 4.91 Å². The Bertz CT molecular complexity index is 878. The second-order valence-electron chi connectivity index (χ2n) is 5.64. The Morgan fingerprint density at radius 3 is 2.35 bits per heavy atom. The summed E-state index contributed by atoms with van der Waals surface area (Å²) in [6.07, 6.45) is 0.943. The van der Waals surface area contributed by atoms with Gasteiger partial charge in [0, 0.05) is 0 Å². The number of thioether (sulfide) groups is 1. The van der Waals surface area contributed by atoms with Gasteiger partial charge in [-0.15, -0.1) is 0 Å². The fourth-order valence-corrected chi connectivity index (χ4v) is 3.78. The number of aliphatic hydroxyl groups is 1. The number of amides is 1. The number of carboxylic acid groups (broad SMARTS) is 1. The van der Waals surface area contributed by atoms with Crippen LogP contribution >= 0.6 is 24.0 Å². The summed E-state index contributed by atoms with van der Waals surface area (Å²) in [6.45, 7) is -0.440. The van der Waals surface area contributed by atoms with Crippen molar-refractivity contribution in [3.63, 3.8) is 0 Å². The predicted octanol–water partition coefficient (Wildman–Crippen LogP) is 3.05. The fraction of sp³-hybridized carbons (Fsp3) is 0.105. The van der Waals surface area contributed by atoms with Crippen LogP contribution in [0.4, 0.5) is 0 Å². The van der Waals surface area contributed by atoms with Crippen molar-refractivity contribution in [2.45, 2.75) is 6.10 Å². The fourth-order valence-electron chi connectivity index (χ4n) is 2.53. The normalized spacial score (nSPS) is 17.0. The molecule has 132 valence electrons. The molecule has 1 heterocycles. The highest BCUT2D eigenvalue weighted by Gasteiger charge is 2.33. The number of nitrogens with zero attached hydrogens (tertiary/aromatic N) is 1. The zero-order chi connectivity index (χ0) is 18.7. The van der Waals surface area contributed by atoms with Gasteiger partial charge in [-0.3, -0.25) is 14.5 Å². The maximum absolute atomic E-state index is 12.3. The van der Waals surface area contributed by atoms with Crippen molar-refractivity contribution in [1.29, 1.82) is 0 Å². The first-order valence-electron chi connectivity index (χ1n) is 7.76. The summed E-state index contributed by atoms with van der Waals surface area (Å²) >= 11 is 6.15. The van der Waals surface area contributed by atoms with Crippen molar-refractivity contribution in [1.82, 2.24) is 4.90 Å². The number of aliphatic hydroxyl groups excluding tert-OH is 1. The third-order valence-corrected chi connectivity index (χ3v) is 5.21. The van der Waals surface area contributed by atoms with Crippen LogP contribution in [0.15, 0.2) is 59.5 Å². The van der Waals surface area contributed by atoms with Gasteiger partial charge < -0.3 is 10.2 Å². The van der Waals surface area contributed by atoms with E-state index in [1.807, 2.05) is 30.3 Å². The summed E-state index contributed by atoms with van der Waals surface area (Å²) in [5.74, 6) is -1.52. The lowest BCUT2D eigenvalue weighted by Crippen LogP contribution is -2.33. The molecule has 0 saturated carbocycles. The molecule has 0 spiro atoms. The molecule has 5 nitrogen and oxygen atoms in total. The molecule has 0 radical (unpaired) electrons. The first-order valence-corrected chi connectivity index (χ1v) is 8.98. The quantitative estimate of drug-likeness (QED) is 0.608. The van der Waals surface area contributed by atoms with Crippen LogP contribution in [0.1, 0.15) is 22.8 Å². The summed E-state index contributed by atoms with van der Waals surface area (Å²) in [6, 6.07) is 16.5. The molecule has 3 rings (SSSR count). The minimum absolute atomic E-state index is 0.236. The lowest BCUT2D eigenvalue weighted by Gasteiger charge is -2.11. The van der Waals surface area contributed by atoms with E-state index in [-0.39, 0.29) is 4.32 Å². The standard InChI is InChI=1S/C19H15NO4S2/c21-16(22)11-20-18(24)15(26-19(20)25)10-12-6-8-14(9-7-12)17(23)13-4-2-1-3-5-13/h1-10,17,23H,11H2,(H,21,22). The number of carbonyl (C=O) groups is 2. The zero-order valence-electron chi connectivity index (χ0n) is 13.5. The number of aliphatic carboxylic acids is 1. The molecule has 1 fully saturated rings. The number of hydrogen-bond acceptors (Lipinski definition) is 5.